The van der Waals surface area contributed by atoms with Gasteiger partial charge in [0.15, 0.2) is 0 Å². The Morgan fingerprint density at radius 1 is 1.38 bits per heavy atom. The number of alkyl halides is 1. The van der Waals surface area contributed by atoms with Crippen LogP contribution in [-0.4, -0.2) is 17.3 Å². The molecule has 1 aromatic carbocycles. The smallest absolute Gasteiger partial charge is 0.251 e. The van der Waals surface area contributed by atoms with Crippen molar-refractivity contribution in [2.45, 2.75) is 32.0 Å². The third-order valence-corrected chi connectivity index (χ3v) is 3.61. The molecule has 0 saturated carbocycles. The van der Waals surface area contributed by atoms with Gasteiger partial charge in [-0.3, -0.25) is 4.79 Å². The number of aryl methyl sites for hydroxylation is 2. The summed E-state index contributed by atoms with van der Waals surface area (Å²) >= 11 is 3.50. The van der Waals surface area contributed by atoms with Gasteiger partial charge in [-0.15, -0.1) is 0 Å². The van der Waals surface area contributed by atoms with Crippen molar-refractivity contribution in [3.63, 3.8) is 0 Å². The predicted octanol–water partition coefficient (Wildman–Crippen LogP) is 3.21. The predicted molar refractivity (Wildman–Crippen MR) is 71.3 cm³/mol. The fraction of sp³-hybridized carbons (Fsp3) is 0.462. The van der Waals surface area contributed by atoms with Crippen molar-refractivity contribution in [2.24, 2.45) is 0 Å². The van der Waals surface area contributed by atoms with E-state index in [1.165, 1.54) is 0 Å². The Morgan fingerprint density at radius 2 is 1.94 bits per heavy atom. The third kappa shape index (κ3) is 3.34. The highest BCUT2D eigenvalue weighted by atomic mass is 79.9. The van der Waals surface area contributed by atoms with E-state index in [2.05, 4.69) is 28.2 Å². The van der Waals surface area contributed by atoms with Crippen molar-refractivity contribution in [1.29, 1.82) is 0 Å². The van der Waals surface area contributed by atoms with Gasteiger partial charge in [0.25, 0.3) is 5.91 Å². The molecule has 1 amide bonds. The Morgan fingerprint density at radius 3 is 2.44 bits per heavy atom. The highest BCUT2D eigenvalue weighted by Crippen LogP contribution is 2.13. The molecule has 88 valence electrons. The van der Waals surface area contributed by atoms with Gasteiger partial charge in [-0.2, -0.15) is 0 Å². The highest BCUT2D eigenvalue weighted by Gasteiger charge is 2.12. The van der Waals surface area contributed by atoms with Crippen LogP contribution in [0.4, 0.5) is 0 Å². The maximum Gasteiger partial charge on any atom is 0.251 e. The summed E-state index contributed by atoms with van der Waals surface area (Å²) in [6.07, 6.45) is 1.01. The Hall–Kier alpha value is -0.830. The van der Waals surface area contributed by atoms with Crippen molar-refractivity contribution in [1.82, 2.24) is 5.32 Å². The lowest BCUT2D eigenvalue weighted by Gasteiger charge is -2.12. The second-order valence-corrected chi connectivity index (χ2v) is 5.28. The lowest BCUT2D eigenvalue weighted by atomic mass is 10.0. The van der Waals surface area contributed by atoms with Crippen molar-refractivity contribution in [3.8, 4) is 0 Å². The zero-order valence-electron chi connectivity index (χ0n) is 10.0. The van der Waals surface area contributed by atoms with E-state index in [1.54, 1.807) is 0 Å². The molecule has 0 fully saturated rings. The van der Waals surface area contributed by atoms with Gasteiger partial charge in [0.05, 0.1) is 0 Å². The van der Waals surface area contributed by atoms with Crippen LogP contribution in [0.15, 0.2) is 18.2 Å². The first-order valence-electron chi connectivity index (χ1n) is 5.54. The molecule has 0 saturated heterocycles. The third-order valence-electron chi connectivity index (χ3n) is 2.64. The van der Waals surface area contributed by atoms with Crippen LogP contribution in [0.5, 0.6) is 0 Å². The van der Waals surface area contributed by atoms with E-state index in [0.29, 0.717) is 11.4 Å². The van der Waals surface area contributed by atoms with Gasteiger partial charge in [-0.05, 0) is 31.4 Å². The number of carbonyl (C=O) groups excluding carboxylic acids is 1. The minimum absolute atomic E-state index is 0.0218. The van der Waals surface area contributed by atoms with Gasteiger partial charge in [0, 0.05) is 16.9 Å². The minimum atomic E-state index is 0.0218. The average Bonchev–Trinajstić information content (AvgIpc) is 2.25. The van der Waals surface area contributed by atoms with E-state index < -0.39 is 0 Å². The lowest BCUT2D eigenvalue weighted by molar-refractivity contribution is 0.0952. The van der Waals surface area contributed by atoms with Crippen LogP contribution in [0.3, 0.4) is 0 Å². The number of nitrogens with one attached hydrogen (secondary N) is 1. The van der Waals surface area contributed by atoms with Crippen molar-refractivity contribution >= 4 is 21.8 Å². The van der Waals surface area contributed by atoms with Gasteiger partial charge in [-0.1, -0.05) is 41.1 Å². The molecular weight excluding hydrogens is 266 g/mol. The van der Waals surface area contributed by atoms with E-state index in [-0.39, 0.29) is 5.91 Å². The summed E-state index contributed by atoms with van der Waals surface area (Å²) < 4.78 is 0. The summed E-state index contributed by atoms with van der Waals surface area (Å²) in [5, 5.41) is 2.95. The molecule has 0 radical (unpaired) electrons. The Balaban J connectivity index is 2.73. The Labute approximate surface area is 106 Å². The molecule has 16 heavy (non-hydrogen) atoms. The number of hydrogen-bond acceptors (Lipinski definition) is 1. The normalized spacial score (nSPS) is 12.2. The lowest BCUT2D eigenvalue weighted by Crippen LogP contribution is -2.30. The molecule has 0 heterocycles. The highest BCUT2D eigenvalue weighted by molar-refractivity contribution is 9.09. The average molecular weight is 284 g/mol. The number of hydrogen-bond donors (Lipinski definition) is 1. The fourth-order valence-corrected chi connectivity index (χ4v) is 1.77. The summed E-state index contributed by atoms with van der Waals surface area (Å²) in [7, 11) is 0. The van der Waals surface area contributed by atoms with Gasteiger partial charge in [0.1, 0.15) is 0 Å². The van der Waals surface area contributed by atoms with Crippen LogP contribution in [-0.2, 0) is 0 Å². The zero-order valence-corrected chi connectivity index (χ0v) is 11.6. The van der Waals surface area contributed by atoms with Crippen molar-refractivity contribution in [3.05, 3.63) is 34.9 Å². The fourth-order valence-electron chi connectivity index (χ4n) is 1.61. The quantitative estimate of drug-likeness (QED) is 0.845. The van der Waals surface area contributed by atoms with Gasteiger partial charge in [0.2, 0.25) is 0 Å². The van der Waals surface area contributed by atoms with E-state index in [1.807, 2.05) is 32.0 Å². The molecule has 1 aromatic rings. The summed E-state index contributed by atoms with van der Waals surface area (Å²) in [6.45, 7) is 6.69. The summed E-state index contributed by atoms with van der Waals surface area (Å²) in [5.74, 6) is 0.0218. The standard InChI is InChI=1S/C13H18BrNO/c1-4-11(14)8-15-13(16)12-9(2)6-5-7-10(12)3/h5-7,11H,4,8H2,1-3H3,(H,15,16). The molecule has 0 aliphatic rings. The van der Waals surface area contributed by atoms with Crippen LogP contribution in [0.25, 0.3) is 0 Å². The topological polar surface area (TPSA) is 29.1 Å². The van der Waals surface area contributed by atoms with Gasteiger partial charge < -0.3 is 5.32 Å². The van der Waals surface area contributed by atoms with Crippen LogP contribution >= 0.6 is 15.9 Å². The molecule has 0 bridgehead atoms. The molecule has 2 nitrogen and oxygen atoms in total. The molecule has 1 unspecified atom stereocenters. The number of carbonyl (C=O) groups is 1. The number of amides is 1. The minimum Gasteiger partial charge on any atom is -0.351 e. The molecule has 0 spiro atoms. The summed E-state index contributed by atoms with van der Waals surface area (Å²) in [4.78, 5) is 12.3. The first kappa shape index (κ1) is 13.2. The molecule has 1 N–H and O–H groups in total. The molecule has 0 aliphatic heterocycles. The van der Waals surface area contributed by atoms with Gasteiger partial charge in [-0.25, -0.2) is 0 Å². The maximum absolute atomic E-state index is 12.0. The molecule has 1 atom stereocenters. The number of benzene rings is 1. The SMILES string of the molecule is CCC(Br)CNC(=O)c1c(C)cccc1C. The first-order valence-corrected chi connectivity index (χ1v) is 6.46. The molecular formula is C13H18BrNO. The molecule has 1 rings (SSSR count). The number of rotatable bonds is 4. The largest absolute Gasteiger partial charge is 0.351 e. The molecule has 3 heteroatoms. The zero-order chi connectivity index (χ0) is 12.1. The van der Waals surface area contributed by atoms with Crippen LogP contribution < -0.4 is 5.32 Å². The second-order valence-electron chi connectivity index (χ2n) is 3.98. The van der Waals surface area contributed by atoms with Crippen LogP contribution in [0.1, 0.15) is 34.8 Å². The van der Waals surface area contributed by atoms with Gasteiger partial charge >= 0.3 is 0 Å². The molecule has 0 aliphatic carbocycles. The van der Waals surface area contributed by atoms with E-state index in [0.717, 1.165) is 23.1 Å². The molecule has 0 aromatic heterocycles. The van der Waals surface area contributed by atoms with E-state index in [9.17, 15) is 4.79 Å². The van der Waals surface area contributed by atoms with E-state index in [4.69, 9.17) is 0 Å². The monoisotopic (exact) mass is 283 g/mol. The second kappa shape index (κ2) is 6.04. The first-order chi connectivity index (χ1) is 7.56. The van der Waals surface area contributed by atoms with Crippen molar-refractivity contribution < 1.29 is 4.79 Å². The Kier molecular flexibility index (Phi) is 5.00. The summed E-state index contributed by atoms with van der Waals surface area (Å²) in [6, 6.07) is 5.90. The van der Waals surface area contributed by atoms with E-state index >= 15 is 0 Å². The van der Waals surface area contributed by atoms with Crippen LogP contribution in [0, 0.1) is 13.8 Å². The number of halogens is 1. The van der Waals surface area contributed by atoms with Crippen LogP contribution in [0.2, 0.25) is 0 Å². The Bertz CT molecular complexity index is 356. The maximum atomic E-state index is 12.0. The summed E-state index contributed by atoms with van der Waals surface area (Å²) in [5.41, 5.74) is 2.86. The van der Waals surface area contributed by atoms with Crippen molar-refractivity contribution in [2.75, 3.05) is 6.54 Å².